The Kier molecular flexibility index (Phi) is 5.71. The maximum atomic E-state index is 12.1. The van der Waals surface area contributed by atoms with Crippen LogP contribution < -0.4 is 21.7 Å². The van der Waals surface area contributed by atoms with Crippen LogP contribution in [0, 0.1) is 5.92 Å². The molecular formula is C14H20N4O3. The van der Waals surface area contributed by atoms with E-state index in [4.69, 9.17) is 5.73 Å². The van der Waals surface area contributed by atoms with Crippen LogP contribution in [-0.2, 0) is 9.59 Å². The molecule has 4 amide bonds. The lowest BCUT2D eigenvalue weighted by Crippen LogP contribution is -2.49. The highest BCUT2D eigenvalue weighted by atomic mass is 16.2. The Hall–Kier alpha value is -2.57. The Balaban J connectivity index is 2.72. The first-order valence-corrected chi connectivity index (χ1v) is 6.54. The standard InChI is InChI=1S/C14H20N4O3/c1-8(2)12(18-14(15)21)13(20)17-11-6-4-10(5-7-11)16-9(3)19/h4-8,12H,1-3H3,(H,16,19)(H,17,20)(H3,15,18,21). The van der Waals surface area contributed by atoms with Gasteiger partial charge in [-0.3, -0.25) is 9.59 Å². The predicted octanol–water partition coefficient (Wildman–Crippen LogP) is 1.28. The number of primary amides is 1. The van der Waals surface area contributed by atoms with Gasteiger partial charge in [-0.25, -0.2) is 4.79 Å². The number of anilines is 2. The zero-order valence-corrected chi connectivity index (χ0v) is 12.3. The fourth-order valence-electron chi connectivity index (χ4n) is 1.75. The van der Waals surface area contributed by atoms with Crippen LogP contribution in [0.25, 0.3) is 0 Å². The smallest absolute Gasteiger partial charge is 0.312 e. The van der Waals surface area contributed by atoms with Crippen molar-refractivity contribution < 1.29 is 14.4 Å². The van der Waals surface area contributed by atoms with Gasteiger partial charge in [0.15, 0.2) is 0 Å². The maximum Gasteiger partial charge on any atom is 0.312 e. The molecule has 0 aliphatic rings. The highest BCUT2D eigenvalue weighted by Crippen LogP contribution is 2.14. The van der Waals surface area contributed by atoms with Gasteiger partial charge in [0.05, 0.1) is 0 Å². The van der Waals surface area contributed by atoms with E-state index in [2.05, 4.69) is 16.0 Å². The Bertz CT molecular complexity index is 526. The average Bonchev–Trinajstić information content (AvgIpc) is 2.37. The molecule has 0 radical (unpaired) electrons. The quantitative estimate of drug-likeness (QED) is 0.655. The highest BCUT2D eigenvalue weighted by Gasteiger charge is 2.23. The van der Waals surface area contributed by atoms with Crippen LogP contribution in [0.15, 0.2) is 24.3 Å². The molecule has 1 rings (SSSR count). The van der Waals surface area contributed by atoms with E-state index in [-0.39, 0.29) is 17.7 Å². The molecule has 0 saturated heterocycles. The maximum absolute atomic E-state index is 12.1. The summed E-state index contributed by atoms with van der Waals surface area (Å²) in [6.07, 6.45) is 0. The van der Waals surface area contributed by atoms with Crippen LogP contribution in [0.2, 0.25) is 0 Å². The molecule has 114 valence electrons. The minimum Gasteiger partial charge on any atom is -0.352 e. The summed E-state index contributed by atoms with van der Waals surface area (Å²) in [5.74, 6) is -0.621. The molecule has 0 fully saturated rings. The van der Waals surface area contributed by atoms with E-state index in [1.807, 2.05) is 0 Å². The monoisotopic (exact) mass is 292 g/mol. The number of urea groups is 1. The van der Waals surface area contributed by atoms with E-state index in [0.717, 1.165) is 0 Å². The van der Waals surface area contributed by atoms with Gasteiger partial charge >= 0.3 is 6.03 Å². The molecule has 0 spiro atoms. The van der Waals surface area contributed by atoms with Crippen molar-refractivity contribution in [1.82, 2.24) is 5.32 Å². The number of carbonyl (C=O) groups excluding carboxylic acids is 3. The summed E-state index contributed by atoms with van der Waals surface area (Å²) in [4.78, 5) is 33.9. The minimum atomic E-state index is -0.746. The molecule has 0 aliphatic carbocycles. The summed E-state index contributed by atoms with van der Waals surface area (Å²) in [6.45, 7) is 5.03. The van der Waals surface area contributed by atoms with Crippen molar-refractivity contribution in [3.63, 3.8) is 0 Å². The largest absolute Gasteiger partial charge is 0.352 e. The third-order valence-electron chi connectivity index (χ3n) is 2.72. The van der Waals surface area contributed by atoms with Gasteiger partial charge in [-0.05, 0) is 30.2 Å². The topological polar surface area (TPSA) is 113 Å². The normalized spacial score (nSPS) is 11.6. The van der Waals surface area contributed by atoms with Gasteiger partial charge in [-0.2, -0.15) is 0 Å². The Morgan fingerprint density at radius 3 is 1.86 bits per heavy atom. The second-order valence-electron chi connectivity index (χ2n) is 4.98. The second kappa shape index (κ2) is 7.28. The molecule has 0 aliphatic heterocycles. The summed E-state index contributed by atoms with van der Waals surface area (Å²) in [5.41, 5.74) is 6.25. The summed E-state index contributed by atoms with van der Waals surface area (Å²) in [6, 6.07) is 5.20. The molecule has 1 aromatic carbocycles. The van der Waals surface area contributed by atoms with Crippen molar-refractivity contribution in [3.05, 3.63) is 24.3 Å². The summed E-state index contributed by atoms with van der Waals surface area (Å²) >= 11 is 0. The summed E-state index contributed by atoms with van der Waals surface area (Å²) in [7, 11) is 0. The third-order valence-corrected chi connectivity index (χ3v) is 2.72. The number of rotatable bonds is 5. The van der Waals surface area contributed by atoms with Crippen molar-refractivity contribution in [2.75, 3.05) is 10.6 Å². The third kappa shape index (κ3) is 5.52. The molecule has 1 atom stereocenters. The lowest BCUT2D eigenvalue weighted by atomic mass is 10.0. The lowest BCUT2D eigenvalue weighted by molar-refractivity contribution is -0.119. The second-order valence-corrected chi connectivity index (χ2v) is 4.98. The Labute approximate surface area is 123 Å². The number of nitrogens with two attached hydrogens (primary N) is 1. The molecule has 0 saturated carbocycles. The zero-order valence-electron chi connectivity index (χ0n) is 12.3. The van der Waals surface area contributed by atoms with E-state index >= 15 is 0 Å². The van der Waals surface area contributed by atoms with E-state index in [1.54, 1.807) is 38.1 Å². The number of benzene rings is 1. The molecule has 1 unspecified atom stereocenters. The zero-order chi connectivity index (χ0) is 16.0. The fourth-order valence-corrected chi connectivity index (χ4v) is 1.75. The fraction of sp³-hybridized carbons (Fsp3) is 0.357. The van der Waals surface area contributed by atoms with Crippen LogP contribution in [0.5, 0.6) is 0 Å². The van der Waals surface area contributed by atoms with E-state index in [1.165, 1.54) is 6.92 Å². The van der Waals surface area contributed by atoms with Gasteiger partial charge < -0.3 is 21.7 Å². The Morgan fingerprint density at radius 1 is 1.00 bits per heavy atom. The summed E-state index contributed by atoms with van der Waals surface area (Å²) < 4.78 is 0. The number of carbonyl (C=O) groups is 3. The Morgan fingerprint density at radius 2 is 1.48 bits per heavy atom. The van der Waals surface area contributed by atoms with Crippen molar-refractivity contribution in [2.45, 2.75) is 26.8 Å². The molecule has 1 aromatic rings. The minimum absolute atomic E-state index is 0.101. The highest BCUT2D eigenvalue weighted by molar-refractivity contribution is 5.97. The van der Waals surface area contributed by atoms with Crippen molar-refractivity contribution >= 4 is 29.2 Å². The molecule has 7 heteroatoms. The van der Waals surface area contributed by atoms with Gasteiger partial charge in [0.1, 0.15) is 6.04 Å². The van der Waals surface area contributed by atoms with Gasteiger partial charge in [0.2, 0.25) is 11.8 Å². The predicted molar refractivity (Wildman–Crippen MR) is 80.7 cm³/mol. The van der Waals surface area contributed by atoms with E-state index in [0.29, 0.717) is 11.4 Å². The van der Waals surface area contributed by atoms with Crippen molar-refractivity contribution in [1.29, 1.82) is 0 Å². The van der Waals surface area contributed by atoms with Crippen LogP contribution in [0.3, 0.4) is 0 Å². The SMILES string of the molecule is CC(=O)Nc1ccc(NC(=O)C(NC(N)=O)C(C)C)cc1. The molecule has 0 heterocycles. The molecule has 0 bridgehead atoms. The number of hydrogen-bond donors (Lipinski definition) is 4. The van der Waals surface area contributed by atoms with Gasteiger partial charge in [-0.15, -0.1) is 0 Å². The first kappa shape index (κ1) is 16.5. The number of amides is 4. The van der Waals surface area contributed by atoms with Gasteiger partial charge in [0, 0.05) is 18.3 Å². The molecule has 5 N–H and O–H groups in total. The molecule has 21 heavy (non-hydrogen) atoms. The van der Waals surface area contributed by atoms with Crippen LogP contribution >= 0.6 is 0 Å². The molecule has 7 nitrogen and oxygen atoms in total. The molecular weight excluding hydrogens is 272 g/mol. The first-order valence-electron chi connectivity index (χ1n) is 6.54. The number of nitrogens with one attached hydrogen (secondary N) is 3. The molecule has 0 aromatic heterocycles. The van der Waals surface area contributed by atoms with Gasteiger partial charge in [-0.1, -0.05) is 13.8 Å². The lowest BCUT2D eigenvalue weighted by Gasteiger charge is -2.20. The first-order chi connectivity index (χ1) is 9.79. The van der Waals surface area contributed by atoms with Gasteiger partial charge in [0.25, 0.3) is 0 Å². The van der Waals surface area contributed by atoms with Crippen LogP contribution in [0.1, 0.15) is 20.8 Å². The van der Waals surface area contributed by atoms with Crippen molar-refractivity contribution in [2.24, 2.45) is 11.7 Å². The van der Waals surface area contributed by atoms with E-state index in [9.17, 15) is 14.4 Å². The van der Waals surface area contributed by atoms with Crippen LogP contribution in [0.4, 0.5) is 16.2 Å². The number of hydrogen-bond acceptors (Lipinski definition) is 3. The van der Waals surface area contributed by atoms with E-state index < -0.39 is 12.1 Å². The van der Waals surface area contributed by atoms with Crippen LogP contribution in [-0.4, -0.2) is 23.9 Å². The summed E-state index contributed by atoms with van der Waals surface area (Å²) in [5, 5.41) is 7.72. The van der Waals surface area contributed by atoms with Crippen molar-refractivity contribution in [3.8, 4) is 0 Å². The average molecular weight is 292 g/mol.